The van der Waals surface area contributed by atoms with Crippen LogP contribution < -0.4 is 10.6 Å². The number of alkyl halides is 3. The number of nitrogens with zero attached hydrogens (tertiary/aromatic N) is 1. The van der Waals surface area contributed by atoms with Crippen molar-refractivity contribution in [3.8, 4) is 0 Å². The van der Waals surface area contributed by atoms with Gasteiger partial charge >= 0.3 is 6.18 Å². The molecule has 0 bridgehead atoms. The quantitative estimate of drug-likeness (QED) is 0.582. The molecule has 0 aliphatic carbocycles. The van der Waals surface area contributed by atoms with Crippen LogP contribution in [0.3, 0.4) is 0 Å². The molecule has 2 aromatic rings. The SMILES string of the molecule is Cc1ccc(C)c(N[C@@H](C)C(=O)Nc2ccc([N+](=O)[O-])cc2C(F)(F)F)c1. The lowest BCUT2D eigenvalue weighted by Gasteiger charge is -2.19. The van der Waals surface area contributed by atoms with Crippen molar-refractivity contribution in [3.05, 3.63) is 63.2 Å². The van der Waals surface area contributed by atoms with Gasteiger partial charge in [-0.3, -0.25) is 14.9 Å². The van der Waals surface area contributed by atoms with Crippen molar-refractivity contribution in [1.29, 1.82) is 0 Å². The molecule has 0 aliphatic heterocycles. The molecule has 0 heterocycles. The van der Waals surface area contributed by atoms with Crippen molar-refractivity contribution in [2.45, 2.75) is 33.0 Å². The molecule has 1 amide bonds. The summed E-state index contributed by atoms with van der Waals surface area (Å²) in [5.41, 5.74) is 0.0213. The number of aryl methyl sites for hydroxylation is 2. The molecule has 2 aromatic carbocycles. The number of anilines is 2. The van der Waals surface area contributed by atoms with Gasteiger partial charge in [-0.05, 0) is 44.0 Å². The lowest BCUT2D eigenvalue weighted by molar-refractivity contribution is -0.385. The smallest absolute Gasteiger partial charge is 0.374 e. The summed E-state index contributed by atoms with van der Waals surface area (Å²) in [7, 11) is 0. The Morgan fingerprint density at radius 2 is 1.78 bits per heavy atom. The molecule has 144 valence electrons. The molecule has 0 spiro atoms. The molecule has 6 nitrogen and oxygen atoms in total. The lowest BCUT2D eigenvalue weighted by atomic mass is 10.1. The maximum absolute atomic E-state index is 13.2. The first-order valence-corrected chi connectivity index (χ1v) is 7.99. The van der Waals surface area contributed by atoms with E-state index in [0.29, 0.717) is 11.8 Å². The Bertz CT molecular complexity index is 882. The highest BCUT2D eigenvalue weighted by atomic mass is 19.4. The van der Waals surface area contributed by atoms with Crippen LogP contribution in [0.5, 0.6) is 0 Å². The summed E-state index contributed by atoms with van der Waals surface area (Å²) in [5, 5.41) is 15.9. The standard InChI is InChI=1S/C18H18F3N3O3/c1-10-4-5-11(2)16(8-10)22-12(3)17(25)23-15-7-6-13(24(26)27)9-14(15)18(19,20)21/h4-9,12,22H,1-3H3,(H,23,25)/t12-/m0/s1. The van der Waals surface area contributed by atoms with Gasteiger partial charge in [0.2, 0.25) is 5.91 Å². The minimum atomic E-state index is -4.85. The van der Waals surface area contributed by atoms with E-state index in [1.54, 1.807) is 0 Å². The lowest BCUT2D eigenvalue weighted by Crippen LogP contribution is -2.32. The van der Waals surface area contributed by atoms with Crippen LogP contribution in [0.15, 0.2) is 36.4 Å². The highest BCUT2D eigenvalue weighted by Crippen LogP contribution is 2.37. The van der Waals surface area contributed by atoms with Gasteiger partial charge in [-0.1, -0.05) is 12.1 Å². The third-order valence-electron chi connectivity index (χ3n) is 3.94. The number of halogens is 3. The molecule has 2 N–H and O–H groups in total. The van der Waals surface area contributed by atoms with Gasteiger partial charge in [0.15, 0.2) is 0 Å². The van der Waals surface area contributed by atoms with Gasteiger partial charge < -0.3 is 10.6 Å². The zero-order valence-electron chi connectivity index (χ0n) is 14.8. The first kappa shape index (κ1) is 20.2. The van der Waals surface area contributed by atoms with Crippen LogP contribution in [-0.4, -0.2) is 16.9 Å². The van der Waals surface area contributed by atoms with E-state index in [4.69, 9.17) is 0 Å². The summed E-state index contributed by atoms with van der Waals surface area (Å²) in [4.78, 5) is 22.1. The van der Waals surface area contributed by atoms with E-state index in [1.807, 2.05) is 32.0 Å². The Kier molecular flexibility index (Phi) is 5.72. The molecule has 1 atom stereocenters. The van der Waals surface area contributed by atoms with E-state index in [2.05, 4.69) is 10.6 Å². The Morgan fingerprint density at radius 3 is 2.37 bits per heavy atom. The number of amides is 1. The zero-order chi connectivity index (χ0) is 20.4. The number of carbonyl (C=O) groups is 1. The number of rotatable bonds is 5. The van der Waals surface area contributed by atoms with Gasteiger partial charge in [0, 0.05) is 17.8 Å². The van der Waals surface area contributed by atoms with Crippen molar-refractivity contribution in [2.75, 3.05) is 10.6 Å². The fourth-order valence-electron chi connectivity index (χ4n) is 2.42. The Labute approximate surface area is 153 Å². The van der Waals surface area contributed by atoms with Gasteiger partial charge in [0.05, 0.1) is 16.2 Å². The first-order valence-electron chi connectivity index (χ1n) is 7.99. The second-order valence-electron chi connectivity index (χ2n) is 6.16. The topological polar surface area (TPSA) is 84.3 Å². The van der Waals surface area contributed by atoms with E-state index in [1.165, 1.54) is 6.92 Å². The summed E-state index contributed by atoms with van der Waals surface area (Å²) < 4.78 is 39.6. The maximum Gasteiger partial charge on any atom is 0.418 e. The number of hydrogen-bond donors (Lipinski definition) is 2. The molecular formula is C18H18F3N3O3. The van der Waals surface area contributed by atoms with Crippen LogP contribution >= 0.6 is 0 Å². The molecule has 0 aromatic heterocycles. The molecule has 0 saturated carbocycles. The van der Waals surface area contributed by atoms with Crippen LogP contribution in [0.2, 0.25) is 0 Å². The number of nitro groups is 1. The van der Waals surface area contributed by atoms with Crippen molar-refractivity contribution in [3.63, 3.8) is 0 Å². The molecule has 0 aliphatic rings. The average molecular weight is 381 g/mol. The fourth-order valence-corrected chi connectivity index (χ4v) is 2.42. The van der Waals surface area contributed by atoms with Crippen LogP contribution in [0.1, 0.15) is 23.6 Å². The molecular weight excluding hydrogens is 363 g/mol. The predicted molar refractivity (Wildman–Crippen MR) is 95.7 cm³/mol. The molecule has 27 heavy (non-hydrogen) atoms. The van der Waals surface area contributed by atoms with Crippen LogP contribution in [-0.2, 0) is 11.0 Å². The first-order chi connectivity index (χ1) is 12.5. The minimum Gasteiger partial charge on any atom is -0.374 e. The van der Waals surface area contributed by atoms with E-state index in [9.17, 15) is 28.1 Å². The number of nitrogens with one attached hydrogen (secondary N) is 2. The number of carbonyl (C=O) groups excluding carboxylic acids is 1. The van der Waals surface area contributed by atoms with Crippen molar-refractivity contribution < 1.29 is 22.9 Å². The highest BCUT2D eigenvalue weighted by molar-refractivity contribution is 5.97. The third kappa shape index (κ3) is 4.96. The van der Waals surface area contributed by atoms with E-state index >= 15 is 0 Å². The van der Waals surface area contributed by atoms with Gasteiger partial charge in [-0.2, -0.15) is 13.2 Å². The molecule has 0 saturated heterocycles. The average Bonchev–Trinajstić information content (AvgIpc) is 2.57. The molecule has 0 fully saturated rings. The largest absolute Gasteiger partial charge is 0.418 e. The number of benzene rings is 2. The summed E-state index contributed by atoms with van der Waals surface area (Å²) >= 11 is 0. The van der Waals surface area contributed by atoms with Gasteiger partial charge in [-0.25, -0.2) is 0 Å². The normalized spacial score (nSPS) is 12.4. The van der Waals surface area contributed by atoms with Gasteiger partial charge in [0.1, 0.15) is 6.04 Å². The summed E-state index contributed by atoms with van der Waals surface area (Å²) in [6.45, 7) is 5.22. The Balaban J connectivity index is 2.24. The summed E-state index contributed by atoms with van der Waals surface area (Å²) in [6, 6.07) is 6.95. The second kappa shape index (κ2) is 7.65. The monoisotopic (exact) mass is 381 g/mol. The van der Waals surface area contributed by atoms with Crippen molar-refractivity contribution in [2.24, 2.45) is 0 Å². The van der Waals surface area contributed by atoms with E-state index in [-0.39, 0.29) is 0 Å². The number of hydrogen-bond acceptors (Lipinski definition) is 4. The van der Waals surface area contributed by atoms with Crippen molar-refractivity contribution >= 4 is 23.0 Å². The summed E-state index contributed by atoms with van der Waals surface area (Å²) in [6.07, 6.45) is -4.85. The Morgan fingerprint density at radius 1 is 1.11 bits per heavy atom. The van der Waals surface area contributed by atoms with E-state index < -0.39 is 40.0 Å². The maximum atomic E-state index is 13.2. The van der Waals surface area contributed by atoms with Gasteiger partial charge in [-0.15, -0.1) is 0 Å². The minimum absolute atomic E-state index is 0.401. The van der Waals surface area contributed by atoms with Crippen LogP contribution in [0, 0.1) is 24.0 Å². The zero-order valence-corrected chi connectivity index (χ0v) is 14.8. The van der Waals surface area contributed by atoms with Crippen LogP contribution in [0.25, 0.3) is 0 Å². The highest BCUT2D eigenvalue weighted by Gasteiger charge is 2.36. The molecule has 0 radical (unpaired) electrons. The molecule has 2 rings (SSSR count). The van der Waals surface area contributed by atoms with Crippen molar-refractivity contribution in [1.82, 2.24) is 0 Å². The van der Waals surface area contributed by atoms with E-state index in [0.717, 1.165) is 23.3 Å². The fraction of sp³-hybridized carbons (Fsp3) is 0.278. The second-order valence-corrected chi connectivity index (χ2v) is 6.16. The van der Waals surface area contributed by atoms with Gasteiger partial charge in [0.25, 0.3) is 5.69 Å². The number of nitro benzene ring substituents is 1. The van der Waals surface area contributed by atoms with Crippen LogP contribution in [0.4, 0.5) is 30.2 Å². The number of non-ortho nitro benzene ring substituents is 1. The predicted octanol–water partition coefficient (Wildman–Crippen LogP) is 4.67. The molecule has 9 heteroatoms. The molecule has 0 unspecified atom stereocenters. The summed E-state index contributed by atoms with van der Waals surface area (Å²) in [5.74, 6) is -0.699. The third-order valence-corrected chi connectivity index (χ3v) is 3.94. The Hall–Kier alpha value is -3.10.